The van der Waals surface area contributed by atoms with Gasteiger partial charge in [-0.3, -0.25) is 23.9 Å². The van der Waals surface area contributed by atoms with E-state index in [1.165, 1.54) is 6.92 Å². The summed E-state index contributed by atoms with van der Waals surface area (Å²) in [6.07, 6.45) is 1.13. The summed E-state index contributed by atoms with van der Waals surface area (Å²) in [4.78, 5) is 49.2. The van der Waals surface area contributed by atoms with E-state index in [9.17, 15) is 29.4 Å². The first-order valence-corrected chi connectivity index (χ1v) is 11.5. The van der Waals surface area contributed by atoms with Crippen LogP contribution in [0.3, 0.4) is 0 Å². The van der Waals surface area contributed by atoms with Crippen LogP contribution in [0, 0.1) is 0 Å². The van der Waals surface area contributed by atoms with Crippen molar-refractivity contribution < 1.29 is 24.5 Å². The predicted octanol–water partition coefficient (Wildman–Crippen LogP) is -0.583. The zero-order valence-corrected chi connectivity index (χ0v) is 16.4. The second-order valence-electron chi connectivity index (χ2n) is 7.51. The molecule has 0 amide bonds. The second kappa shape index (κ2) is 8.06. The Bertz CT molecular complexity index is 897. The highest BCUT2D eigenvalue weighted by atomic mass is 31.2. The molecule has 2 unspecified atom stereocenters. The van der Waals surface area contributed by atoms with Gasteiger partial charge in [-0.25, -0.2) is 4.79 Å². The first kappa shape index (κ1) is 21.5. The second-order valence-corrected chi connectivity index (χ2v) is 11.8. The van der Waals surface area contributed by atoms with E-state index < -0.39 is 60.7 Å². The lowest BCUT2D eigenvalue weighted by molar-refractivity contribution is -0.116. The maximum atomic E-state index is 12.2. The first-order valence-electron chi connectivity index (χ1n) is 8.48. The van der Waals surface area contributed by atoms with Gasteiger partial charge < -0.3 is 14.9 Å². The van der Waals surface area contributed by atoms with Gasteiger partial charge in [0, 0.05) is 6.20 Å². The van der Waals surface area contributed by atoms with Crippen LogP contribution in [0.15, 0.2) is 15.8 Å². The number of ether oxygens (including phenoxy) is 1. The van der Waals surface area contributed by atoms with Crippen molar-refractivity contribution in [2.45, 2.75) is 44.3 Å². The fraction of sp³-hybridized carbons (Fsp3) is 0.588. The third-order valence-electron chi connectivity index (χ3n) is 4.31. The van der Waals surface area contributed by atoms with Crippen LogP contribution in [0.5, 0.6) is 0 Å². The number of hydrogen-bond donors (Lipinski definition) is 3. The highest BCUT2D eigenvalue weighted by molar-refractivity contribution is 7.72. The standard InChI is InChI=1S/C17H25N2O7P/c1-9(20)7-11(21)10-8-19(17(25)18-15(10)24)16-14(23)13(22)12(26-16)5-6-27(2,3)4/h8,12-14,16,22-23H,2,5-7H2,1,3-4H3,(H,18,24,25)/t12?,13-,14-,16?/m1/s1. The van der Waals surface area contributed by atoms with Crippen molar-refractivity contribution >= 4 is 24.8 Å². The van der Waals surface area contributed by atoms with Crippen LogP contribution < -0.4 is 11.2 Å². The van der Waals surface area contributed by atoms with Crippen LogP contribution in [-0.2, 0) is 9.53 Å². The Balaban J connectivity index is 2.33. The highest BCUT2D eigenvalue weighted by Crippen LogP contribution is 2.39. The molecule has 1 aliphatic rings. The molecule has 4 atom stereocenters. The minimum Gasteiger partial charge on any atom is -0.388 e. The number of rotatable bonds is 7. The lowest BCUT2D eigenvalue weighted by Crippen LogP contribution is -2.39. The summed E-state index contributed by atoms with van der Waals surface area (Å²) in [6, 6.07) is 0. The van der Waals surface area contributed by atoms with E-state index in [0.29, 0.717) is 6.42 Å². The maximum Gasteiger partial charge on any atom is 0.330 e. The number of nitrogens with one attached hydrogen (secondary N) is 1. The fourth-order valence-electron chi connectivity index (χ4n) is 2.87. The van der Waals surface area contributed by atoms with Crippen LogP contribution in [0.25, 0.3) is 0 Å². The molecule has 2 rings (SSSR count). The summed E-state index contributed by atoms with van der Waals surface area (Å²) in [6.45, 7) is 3.89. The van der Waals surface area contributed by atoms with E-state index in [1.54, 1.807) is 0 Å². The highest BCUT2D eigenvalue weighted by Gasteiger charge is 2.44. The molecule has 0 aromatic carbocycles. The molecule has 1 fully saturated rings. The van der Waals surface area contributed by atoms with E-state index in [4.69, 9.17) is 4.74 Å². The third kappa shape index (κ3) is 5.13. The molecule has 0 radical (unpaired) electrons. The van der Waals surface area contributed by atoms with Gasteiger partial charge in [0.25, 0.3) is 5.56 Å². The maximum absolute atomic E-state index is 12.2. The van der Waals surface area contributed by atoms with Crippen molar-refractivity contribution in [2.75, 3.05) is 19.5 Å². The van der Waals surface area contributed by atoms with Gasteiger partial charge >= 0.3 is 5.69 Å². The van der Waals surface area contributed by atoms with Crippen LogP contribution in [0.2, 0.25) is 0 Å². The van der Waals surface area contributed by atoms with E-state index >= 15 is 0 Å². The molecule has 1 aliphatic heterocycles. The van der Waals surface area contributed by atoms with E-state index in [-0.39, 0.29) is 5.56 Å². The van der Waals surface area contributed by atoms with Crippen molar-refractivity contribution in [3.63, 3.8) is 0 Å². The summed E-state index contributed by atoms with van der Waals surface area (Å²) in [5, 5.41) is 20.6. The topological polar surface area (TPSA) is 139 Å². The molecule has 10 heteroatoms. The Hall–Kier alpha value is -1.80. The average molecular weight is 400 g/mol. The largest absolute Gasteiger partial charge is 0.388 e. The number of aliphatic hydroxyl groups is 2. The Morgan fingerprint density at radius 2 is 1.93 bits per heavy atom. The summed E-state index contributed by atoms with van der Waals surface area (Å²) in [5.41, 5.74) is -2.19. The van der Waals surface area contributed by atoms with Crippen molar-refractivity contribution in [1.82, 2.24) is 9.55 Å². The molecule has 0 saturated carbocycles. The summed E-state index contributed by atoms with van der Waals surface area (Å²) < 4.78 is 6.52. The zero-order chi connectivity index (χ0) is 20.5. The molecule has 27 heavy (non-hydrogen) atoms. The molecule has 0 aliphatic carbocycles. The predicted molar refractivity (Wildman–Crippen MR) is 102 cm³/mol. The number of hydrogen-bond acceptors (Lipinski definition) is 7. The van der Waals surface area contributed by atoms with Gasteiger partial charge in [0.15, 0.2) is 12.0 Å². The molecule has 1 aromatic rings. The van der Waals surface area contributed by atoms with Gasteiger partial charge in [-0.2, -0.15) is 0 Å². The Labute approximate surface area is 156 Å². The van der Waals surface area contributed by atoms with Gasteiger partial charge in [0.05, 0.1) is 18.1 Å². The number of carbonyl (C=O) groups is 2. The van der Waals surface area contributed by atoms with Gasteiger partial charge in [0.1, 0.15) is 18.0 Å². The number of aliphatic hydroxyl groups excluding tert-OH is 2. The minimum atomic E-state index is -1.42. The lowest BCUT2D eigenvalue weighted by atomic mass is 10.1. The minimum absolute atomic E-state index is 0.386. The normalized spacial score (nSPS) is 25.5. The molecular weight excluding hydrogens is 375 g/mol. The quantitative estimate of drug-likeness (QED) is 0.316. The number of nitrogens with zero attached hydrogens (tertiary/aromatic N) is 1. The van der Waals surface area contributed by atoms with E-state index in [2.05, 4.69) is 6.30 Å². The number of carbonyl (C=O) groups excluding carboxylic acids is 2. The molecular formula is C17H25N2O7P. The number of ketones is 2. The summed E-state index contributed by atoms with van der Waals surface area (Å²) >= 11 is 0. The monoisotopic (exact) mass is 400 g/mol. The van der Waals surface area contributed by atoms with Gasteiger partial charge in [-0.05, 0) is 32.8 Å². The Kier molecular flexibility index (Phi) is 6.42. The molecule has 1 saturated heterocycles. The molecule has 0 bridgehead atoms. The van der Waals surface area contributed by atoms with Crippen molar-refractivity contribution in [2.24, 2.45) is 0 Å². The van der Waals surface area contributed by atoms with E-state index in [1.807, 2.05) is 18.3 Å². The van der Waals surface area contributed by atoms with Crippen molar-refractivity contribution in [3.05, 3.63) is 32.6 Å². The van der Waals surface area contributed by atoms with Gasteiger partial charge in [-0.1, -0.05) is 0 Å². The number of Topliss-reactive ketones (excluding diaryl/α,β-unsaturated/α-hetero) is 2. The molecule has 9 nitrogen and oxygen atoms in total. The van der Waals surface area contributed by atoms with E-state index in [0.717, 1.165) is 16.9 Å². The number of H-pyrrole nitrogens is 1. The van der Waals surface area contributed by atoms with Gasteiger partial charge in [0.2, 0.25) is 0 Å². The molecule has 150 valence electrons. The van der Waals surface area contributed by atoms with Crippen LogP contribution in [0.4, 0.5) is 0 Å². The molecule has 2 heterocycles. The van der Waals surface area contributed by atoms with Crippen molar-refractivity contribution in [1.29, 1.82) is 0 Å². The summed E-state index contributed by atoms with van der Waals surface area (Å²) in [5.74, 6) is -1.17. The molecule has 3 N–H and O–H groups in total. The van der Waals surface area contributed by atoms with Crippen LogP contribution >= 0.6 is 6.89 Å². The Morgan fingerprint density at radius 1 is 1.30 bits per heavy atom. The molecule has 0 spiro atoms. The van der Waals surface area contributed by atoms with Crippen LogP contribution in [-0.4, -0.2) is 75.4 Å². The molecule has 1 aromatic heterocycles. The van der Waals surface area contributed by atoms with Crippen molar-refractivity contribution in [3.8, 4) is 0 Å². The zero-order valence-electron chi connectivity index (χ0n) is 15.5. The third-order valence-corrected chi connectivity index (χ3v) is 5.78. The summed E-state index contributed by atoms with van der Waals surface area (Å²) in [7, 11) is 0. The number of aromatic nitrogens is 2. The van der Waals surface area contributed by atoms with Crippen LogP contribution in [0.1, 0.15) is 36.4 Å². The van der Waals surface area contributed by atoms with Gasteiger partial charge in [-0.15, -0.1) is 13.2 Å². The Morgan fingerprint density at radius 3 is 2.48 bits per heavy atom. The average Bonchev–Trinajstić information content (AvgIpc) is 2.80. The lowest BCUT2D eigenvalue weighted by Gasteiger charge is -2.19. The smallest absolute Gasteiger partial charge is 0.330 e. The fourth-order valence-corrected chi connectivity index (χ4v) is 3.82. The first-order chi connectivity index (χ1) is 12.4. The number of aromatic amines is 1. The SMILES string of the molecule is C=P(C)(C)CCC1OC(n2cc(C(=O)CC(C)=O)c(=O)[nH]c2=O)[C@H](O)[C@@H]1O.